The molecule has 0 bridgehead atoms. The van der Waals surface area contributed by atoms with Crippen molar-refractivity contribution in [1.82, 2.24) is 15.0 Å². The minimum Gasteiger partial charge on any atom is -0.467 e. The number of rotatable bonds is 5. The molecule has 0 aliphatic carbocycles. The third kappa shape index (κ3) is 2.57. The molecule has 0 aliphatic rings. The highest BCUT2D eigenvalue weighted by Crippen LogP contribution is 2.22. The number of hydrogen-bond donors (Lipinski definition) is 2. The van der Waals surface area contributed by atoms with Gasteiger partial charge in [-0.1, -0.05) is 0 Å². The number of nitrogens with zero attached hydrogens (tertiary/aromatic N) is 2. The van der Waals surface area contributed by atoms with Crippen molar-refractivity contribution < 1.29 is 4.42 Å². The Morgan fingerprint density at radius 1 is 1.59 bits per heavy atom. The maximum atomic E-state index is 5.57. The molecule has 2 aromatic heterocycles. The molecule has 2 heterocycles. The van der Waals surface area contributed by atoms with Crippen molar-refractivity contribution >= 4 is 0 Å². The van der Waals surface area contributed by atoms with E-state index >= 15 is 0 Å². The molecule has 0 spiro atoms. The molecule has 3 N–H and O–H groups in total. The van der Waals surface area contributed by atoms with Gasteiger partial charge < -0.3 is 8.98 Å². The normalized spacial score (nSPS) is 12.9. The van der Waals surface area contributed by atoms with Crippen molar-refractivity contribution in [1.29, 1.82) is 0 Å². The second-order valence-electron chi connectivity index (χ2n) is 4.18. The summed E-state index contributed by atoms with van der Waals surface area (Å²) in [5.74, 6) is 7.53. The molecule has 0 fully saturated rings. The molecule has 0 saturated carbocycles. The number of hydrazine groups is 1. The summed E-state index contributed by atoms with van der Waals surface area (Å²) in [6.07, 6.45) is 7.15. The van der Waals surface area contributed by atoms with Gasteiger partial charge in [0.15, 0.2) is 0 Å². The van der Waals surface area contributed by atoms with Crippen LogP contribution in [0.2, 0.25) is 0 Å². The number of furan rings is 1. The maximum Gasteiger partial charge on any atom is 0.124 e. The second-order valence-corrected chi connectivity index (χ2v) is 4.18. The van der Waals surface area contributed by atoms with Crippen LogP contribution >= 0.6 is 0 Å². The first-order valence-electron chi connectivity index (χ1n) is 5.68. The first kappa shape index (κ1) is 11.9. The van der Waals surface area contributed by atoms with Crippen LogP contribution in [0.15, 0.2) is 29.1 Å². The van der Waals surface area contributed by atoms with Crippen LogP contribution in [0.5, 0.6) is 0 Å². The largest absolute Gasteiger partial charge is 0.467 e. The molecular formula is C12H18N4O. The molecular weight excluding hydrogens is 216 g/mol. The van der Waals surface area contributed by atoms with E-state index in [1.807, 2.05) is 30.8 Å². The molecule has 17 heavy (non-hydrogen) atoms. The van der Waals surface area contributed by atoms with Gasteiger partial charge >= 0.3 is 0 Å². The van der Waals surface area contributed by atoms with Gasteiger partial charge in [0.2, 0.25) is 0 Å². The number of nitrogens with one attached hydrogen (secondary N) is 1. The van der Waals surface area contributed by atoms with E-state index in [0.717, 1.165) is 30.0 Å². The van der Waals surface area contributed by atoms with Crippen molar-refractivity contribution in [2.75, 3.05) is 0 Å². The van der Waals surface area contributed by atoms with Gasteiger partial charge in [0.25, 0.3) is 0 Å². The first-order valence-corrected chi connectivity index (χ1v) is 5.68. The maximum absolute atomic E-state index is 5.57. The lowest BCUT2D eigenvalue weighted by Crippen LogP contribution is -2.28. The highest BCUT2D eigenvalue weighted by molar-refractivity contribution is 5.18. The second kappa shape index (κ2) is 5.16. The summed E-state index contributed by atoms with van der Waals surface area (Å²) < 4.78 is 7.46. The number of hydrogen-bond acceptors (Lipinski definition) is 4. The van der Waals surface area contributed by atoms with Crippen LogP contribution in [-0.2, 0) is 13.5 Å². The summed E-state index contributed by atoms with van der Waals surface area (Å²) in [6, 6.07) is 1.97. The standard InChI is InChI=1S/C12H18N4O/c1-9-5-8-17-12(9)10(15-13)3-4-11-14-6-7-16(11)2/h5-8,10,15H,3-4,13H2,1-2H3. The molecule has 0 radical (unpaired) electrons. The van der Waals surface area contributed by atoms with Crippen LogP contribution in [0.25, 0.3) is 0 Å². The minimum atomic E-state index is 0.0294. The van der Waals surface area contributed by atoms with Crippen LogP contribution in [0.3, 0.4) is 0 Å². The van der Waals surface area contributed by atoms with Crippen LogP contribution in [0.1, 0.15) is 29.6 Å². The summed E-state index contributed by atoms with van der Waals surface area (Å²) in [4.78, 5) is 4.29. The van der Waals surface area contributed by atoms with Crippen LogP contribution in [0.4, 0.5) is 0 Å². The first-order chi connectivity index (χ1) is 8.22. The van der Waals surface area contributed by atoms with Crippen molar-refractivity contribution in [3.05, 3.63) is 41.9 Å². The number of nitrogens with two attached hydrogens (primary N) is 1. The van der Waals surface area contributed by atoms with Crippen molar-refractivity contribution in [3.8, 4) is 0 Å². The Bertz CT molecular complexity index is 474. The SMILES string of the molecule is Cc1ccoc1C(CCc1nccn1C)NN. The summed E-state index contributed by atoms with van der Waals surface area (Å²) in [7, 11) is 1.99. The van der Waals surface area contributed by atoms with Gasteiger partial charge in [0.05, 0.1) is 12.3 Å². The van der Waals surface area contributed by atoms with E-state index < -0.39 is 0 Å². The Morgan fingerprint density at radius 3 is 2.94 bits per heavy atom. The van der Waals surface area contributed by atoms with Crippen LogP contribution in [0, 0.1) is 6.92 Å². The highest BCUT2D eigenvalue weighted by atomic mass is 16.3. The third-order valence-corrected chi connectivity index (χ3v) is 3.00. The predicted octanol–water partition coefficient (Wildman–Crippen LogP) is 1.46. The lowest BCUT2D eigenvalue weighted by Gasteiger charge is -2.14. The van der Waals surface area contributed by atoms with E-state index in [1.54, 1.807) is 12.5 Å². The predicted molar refractivity (Wildman–Crippen MR) is 65.0 cm³/mol. The fraction of sp³-hybridized carbons (Fsp3) is 0.417. The lowest BCUT2D eigenvalue weighted by atomic mass is 10.1. The van der Waals surface area contributed by atoms with Gasteiger partial charge in [0, 0.05) is 25.9 Å². The Labute approximate surface area is 101 Å². The molecule has 0 amide bonds. The van der Waals surface area contributed by atoms with E-state index in [-0.39, 0.29) is 6.04 Å². The van der Waals surface area contributed by atoms with Crippen molar-refractivity contribution in [2.24, 2.45) is 12.9 Å². The topological polar surface area (TPSA) is 69.0 Å². The smallest absolute Gasteiger partial charge is 0.124 e. The number of aryl methyl sites for hydroxylation is 3. The lowest BCUT2D eigenvalue weighted by molar-refractivity contribution is 0.395. The zero-order chi connectivity index (χ0) is 12.3. The van der Waals surface area contributed by atoms with Gasteiger partial charge in [-0.15, -0.1) is 0 Å². The quantitative estimate of drug-likeness (QED) is 0.607. The fourth-order valence-corrected chi connectivity index (χ4v) is 1.94. The molecule has 5 heteroatoms. The van der Waals surface area contributed by atoms with Gasteiger partial charge in [-0.2, -0.15) is 0 Å². The Morgan fingerprint density at radius 2 is 2.41 bits per heavy atom. The summed E-state index contributed by atoms with van der Waals surface area (Å²) in [6.45, 7) is 2.02. The average Bonchev–Trinajstić information content (AvgIpc) is 2.90. The molecule has 5 nitrogen and oxygen atoms in total. The van der Waals surface area contributed by atoms with Crippen molar-refractivity contribution in [2.45, 2.75) is 25.8 Å². The summed E-state index contributed by atoms with van der Waals surface area (Å²) in [5, 5.41) is 0. The van der Waals surface area contributed by atoms with Crippen molar-refractivity contribution in [3.63, 3.8) is 0 Å². The average molecular weight is 234 g/mol. The Kier molecular flexibility index (Phi) is 3.61. The molecule has 1 unspecified atom stereocenters. The molecule has 0 saturated heterocycles. The molecule has 0 aliphatic heterocycles. The van der Waals surface area contributed by atoms with E-state index in [4.69, 9.17) is 10.3 Å². The number of imidazole rings is 1. The van der Waals surface area contributed by atoms with Gasteiger partial charge in [0.1, 0.15) is 11.6 Å². The van der Waals surface area contributed by atoms with Crippen LogP contribution < -0.4 is 11.3 Å². The zero-order valence-electron chi connectivity index (χ0n) is 10.2. The van der Waals surface area contributed by atoms with Gasteiger partial charge in [-0.25, -0.2) is 10.4 Å². The van der Waals surface area contributed by atoms with E-state index in [0.29, 0.717) is 0 Å². The minimum absolute atomic E-state index is 0.0294. The van der Waals surface area contributed by atoms with Gasteiger partial charge in [-0.05, 0) is 25.0 Å². The zero-order valence-corrected chi connectivity index (χ0v) is 10.2. The summed E-state index contributed by atoms with van der Waals surface area (Å²) >= 11 is 0. The molecule has 2 rings (SSSR count). The molecule has 92 valence electrons. The fourth-order valence-electron chi connectivity index (χ4n) is 1.94. The molecule has 1 atom stereocenters. The molecule has 0 aromatic carbocycles. The Balaban J connectivity index is 2.02. The third-order valence-electron chi connectivity index (χ3n) is 3.00. The van der Waals surface area contributed by atoms with Gasteiger partial charge in [-0.3, -0.25) is 5.84 Å². The van der Waals surface area contributed by atoms with E-state index in [9.17, 15) is 0 Å². The van der Waals surface area contributed by atoms with Crippen LogP contribution in [-0.4, -0.2) is 9.55 Å². The highest BCUT2D eigenvalue weighted by Gasteiger charge is 2.16. The summed E-state index contributed by atoms with van der Waals surface area (Å²) in [5.41, 5.74) is 3.91. The van der Waals surface area contributed by atoms with E-state index in [2.05, 4.69) is 10.4 Å². The number of aromatic nitrogens is 2. The monoisotopic (exact) mass is 234 g/mol. The molecule has 2 aromatic rings. The Hall–Kier alpha value is -1.59. The van der Waals surface area contributed by atoms with E-state index in [1.165, 1.54) is 0 Å².